The maximum atomic E-state index is 13.0. The van der Waals surface area contributed by atoms with Crippen molar-refractivity contribution in [3.8, 4) is 5.75 Å². The second kappa shape index (κ2) is 6.67. The molecule has 0 aromatic carbocycles. The van der Waals surface area contributed by atoms with Gasteiger partial charge in [-0.1, -0.05) is 5.17 Å². The van der Waals surface area contributed by atoms with E-state index in [1.165, 1.54) is 41.0 Å². The Labute approximate surface area is 153 Å². The third-order valence-corrected chi connectivity index (χ3v) is 3.80. The summed E-state index contributed by atoms with van der Waals surface area (Å²) in [5.74, 6) is -0.441. The van der Waals surface area contributed by atoms with Crippen LogP contribution in [-0.2, 0) is 9.63 Å². The quantitative estimate of drug-likeness (QED) is 0.744. The molecule has 0 spiro atoms. The topological polar surface area (TPSA) is 120 Å². The van der Waals surface area contributed by atoms with Crippen LogP contribution in [-0.4, -0.2) is 38.7 Å². The van der Waals surface area contributed by atoms with Crippen molar-refractivity contribution in [1.82, 2.24) is 19.4 Å². The number of rotatable bonds is 4. The molecule has 0 amide bonds. The summed E-state index contributed by atoms with van der Waals surface area (Å²) in [6.07, 6.45) is 5.19. The molecule has 0 fully saturated rings. The van der Waals surface area contributed by atoms with Crippen LogP contribution in [0, 0.1) is 5.41 Å². The van der Waals surface area contributed by atoms with Gasteiger partial charge in [0.15, 0.2) is 23.7 Å². The van der Waals surface area contributed by atoms with E-state index in [1.54, 1.807) is 20.8 Å². The van der Waals surface area contributed by atoms with Crippen LogP contribution in [0.1, 0.15) is 37.3 Å². The first kappa shape index (κ1) is 18.3. The number of aromatic nitrogens is 3. The minimum Gasteiger partial charge on any atom is -0.493 e. The smallest absolute Gasteiger partial charge is 0.339 e. The van der Waals surface area contributed by atoms with Gasteiger partial charge in [0.1, 0.15) is 6.33 Å². The van der Waals surface area contributed by atoms with Crippen molar-refractivity contribution in [1.29, 1.82) is 0 Å². The van der Waals surface area contributed by atoms with Crippen LogP contribution in [0.4, 0.5) is 0 Å². The Balaban J connectivity index is 2.07. The lowest BCUT2D eigenvalue weighted by Gasteiger charge is -2.28. The highest BCUT2D eigenvalue weighted by atomic mass is 16.7. The van der Waals surface area contributed by atoms with E-state index in [1.807, 2.05) is 0 Å². The van der Waals surface area contributed by atoms with Crippen molar-refractivity contribution in [3.63, 3.8) is 0 Å². The zero-order valence-corrected chi connectivity index (χ0v) is 15.2. The Hall–Kier alpha value is -3.50. The van der Waals surface area contributed by atoms with Gasteiger partial charge in [0.2, 0.25) is 0 Å². The molecule has 2 aromatic rings. The first-order valence-electron chi connectivity index (χ1n) is 7.98. The first-order valence-corrected chi connectivity index (χ1v) is 7.98. The minimum atomic E-state index is -0.905. The van der Waals surface area contributed by atoms with Crippen LogP contribution in [0.5, 0.6) is 5.75 Å². The van der Waals surface area contributed by atoms with E-state index in [9.17, 15) is 14.4 Å². The molecule has 2 aromatic heterocycles. The first-order chi connectivity index (χ1) is 12.8. The fraction of sp³-hybridized carbons (Fsp3) is 0.375. The molecule has 0 saturated carbocycles. The van der Waals surface area contributed by atoms with E-state index in [-0.39, 0.29) is 16.8 Å². The molecule has 142 valence electrons. The molecule has 27 heavy (non-hydrogen) atoms. The van der Waals surface area contributed by atoms with Gasteiger partial charge < -0.3 is 9.57 Å². The van der Waals surface area contributed by atoms with Crippen LogP contribution in [0.25, 0.3) is 5.52 Å². The number of hydrogen-bond donors (Lipinski definition) is 0. The molecular formula is C16H18N6O5. The molecular weight excluding hydrogens is 356 g/mol. The van der Waals surface area contributed by atoms with Crippen molar-refractivity contribution in [2.75, 3.05) is 7.11 Å². The molecule has 3 rings (SSSR count). The van der Waals surface area contributed by atoms with Gasteiger partial charge in [-0.25, -0.2) is 9.31 Å². The summed E-state index contributed by atoms with van der Waals surface area (Å²) >= 11 is 0. The lowest BCUT2D eigenvalue weighted by Crippen LogP contribution is -2.39. The fourth-order valence-electron chi connectivity index (χ4n) is 2.37. The zero-order valence-electron chi connectivity index (χ0n) is 15.2. The maximum Gasteiger partial charge on any atom is 0.339 e. The van der Waals surface area contributed by atoms with Crippen molar-refractivity contribution in [2.45, 2.75) is 26.9 Å². The van der Waals surface area contributed by atoms with Crippen LogP contribution in [0.15, 0.2) is 39.9 Å². The molecule has 3 heterocycles. The summed E-state index contributed by atoms with van der Waals surface area (Å²) in [6, 6.07) is 0. The fourth-order valence-corrected chi connectivity index (χ4v) is 2.37. The lowest BCUT2D eigenvalue weighted by molar-refractivity contribution is -0.219. The molecule has 0 N–H and O–H groups in total. The molecule has 0 radical (unpaired) electrons. The Kier molecular flexibility index (Phi) is 4.52. The van der Waals surface area contributed by atoms with Crippen LogP contribution >= 0.6 is 0 Å². The van der Waals surface area contributed by atoms with E-state index in [2.05, 4.69) is 15.4 Å². The number of hydrogen-bond acceptors (Lipinski definition) is 9. The van der Waals surface area contributed by atoms with Crippen molar-refractivity contribution in [3.05, 3.63) is 40.7 Å². The molecule has 11 nitrogen and oxygen atoms in total. The van der Waals surface area contributed by atoms with Gasteiger partial charge in [0.05, 0.1) is 24.3 Å². The average Bonchev–Trinajstić information content (AvgIpc) is 3.00. The highest BCUT2D eigenvalue weighted by Crippen LogP contribution is 2.25. The SMILES string of the molecule is COc1c(C=O)cn2ncn(C3C=CN=NN3OC(=O)C(C)(C)C)c(=O)c12. The van der Waals surface area contributed by atoms with Crippen LogP contribution < -0.4 is 10.3 Å². The number of nitrogens with zero attached hydrogens (tertiary/aromatic N) is 6. The van der Waals surface area contributed by atoms with Gasteiger partial charge in [-0.2, -0.15) is 5.10 Å². The number of methoxy groups -OCH3 is 1. The Morgan fingerprint density at radius 3 is 2.70 bits per heavy atom. The van der Waals surface area contributed by atoms with Gasteiger partial charge in [-0.15, -0.1) is 5.11 Å². The largest absolute Gasteiger partial charge is 0.493 e. The lowest BCUT2D eigenvalue weighted by atomic mass is 9.98. The second-order valence-electron chi connectivity index (χ2n) is 6.76. The number of aldehydes is 1. The monoisotopic (exact) mass is 374 g/mol. The van der Waals surface area contributed by atoms with Gasteiger partial charge >= 0.3 is 5.97 Å². The molecule has 1 atom stereocenters. The highest BCUT2D eigenvalue weighted by molar-refractivity contribution is 5.85. The van der Waals surface area contributed by atoms with Crippen molar-refractivity contribution >= 4 is 17.8 Å². The van der Waals surface area contributed by atoms with E-state index in [0.29, 0.717) is 6.29 Å². The summed E-state index contributed by atoms with van der Waals surface area (Å²) < 4.78 is 7.63. The van der Waals surface area contributed by atoms with Gasteiger partial charge in [-0.05, 0) is 32.1 Å². The minimum absolute atomic E-state index is 0.0695. The molecule has 11 heteroatoms. The maximum absolute atomic E-state index is 13.0. The van der Waals surface area contributed by atoms with E-state index in [4.69, 9.17) is 9.57 Å². The standard InChI is InChI=1S/C16H18N6O5/c1-16(2,3)15(25)27-22-11(5-6-17-19-22)20-9-18-21-7-10(8-23)13(26-4)12(21)14(20)24/h5-9,11H,1-4H3. The number of fused-ring (bicyclic) bond motifs is 1. The summed E-state index contributed by atoms with van der Waals surface area (Å²) in [4.78, 5) is 41.7. The molecule has 1 aliphatic heterocycles. The molecule has 0 bridgehead atoms. The zero-order chi connectivity index (χ0) is 19.8. The summed E-state index contributed by atoms with van der Waals surface area (Å²) in [5, 5.41) is 12.5. The number of carbonyl (C=O) groups excluding carboxylic acids is 2. The van der Waals surface area contributed by atoms with E-state index in [0.717, 1.165) is 5.17 Å². The molecule has 1 unspecified atom stereocenters. The van der Waals surface area contributed by atoms with Gasteiger partial charge in [-0.3, -0.25) is 14.2 Å². The summed E-state index contributed by atoms with van der Waals surface area (Å²) in [5.41, 5.74) is -1.04. The number of ether oxygens (including phenoxy) is 1. The normalized spacial score (nSPS) is 16.6. The Bertz CT molecular complexity index is 1010. The third kappa shape index (κ3) is 3.18. The Morgan fingerprint density at radius 1 is 1.33 bits per heavy atom. The van der Waals surface area contributed by atoms with Crippen molar-refractivity contribution in [2.24, 2.45) is 15.8 Å². The van der Waals surface area contributed by atoms with Gasteiger partial charge in [0, 0.05) is 6.20 Å². The van der Waals surface area contributed by atoms with Crippen molar-refractivity contribution < 1.29 is 19.2 Å². The summed E-state index contributed by atoms with van der Waals surface area (Å²) in [7, 11) is 1.35. The second-order valence-corrected chi connectivity index (χ2v) is 6.76. The summed E-state index contributed by atoms with van der Waals surface area (Å²) in [6.45, 7) is 5.06. The van der Waals surface area contributed by atoms with E-state index >= 15 is 0 Å². The molecule has 0 saturated heterocycles. The molecule has 0 aliphatic carbocycles. The average molecular weight is 374 g/mol. The predicted molar refractivity (Wildman–Crippen MR) is 91.8 cm³/mol. The Morgan fingerprint density at radius 2 is 2.07 bits per heavy atom. The van der Waals surface area contributed by atoms with Crippen LogP contribution in [0.3, 0.4) is 0 Å². The highest BCUT2D eigenvalue weighted by Gasteiger charge is 2.31. The van der Waals surface area contributed by atoms with Crippen LogP contribution in [0.2, 0.25) is 0 Å². The number of hydroxylamine groups is 1. The predicted octanol–water partition coefficient (Wildman–Crippen LogP) is 1.52. The van der Waals surface area contributed by atoms with E-state index < -0.39 is 23.1 Å². The number of carbonyl (C=O) groups is 2. The third-order valence-electron chi connectivity index (χ3n) is 3.80. The molecule has 1 aliphatic rings. The van der Waals surface area contributed by atoms with Gasteiger partial charge in [0.25, 0.3) is 5.56 Å².